The fourth-order valence-electron chi connectivity index (χ4n) is 3.04. The minimum Gasteiger partial charge on any atom is -0.392 e. The van der Waals surface area contributed by atoms with E-state index in [9.17, 15) is 35.9 Å². The van der Waals surface area contributed by atoms with Crippen molar-refractivity contribution >= 4 is 21.6 Å². The van der Waals surface area contributed by atoms with Crippen molar-refractivity contribution in [3.63, 3.8) is 0 Å². The van der Waals surface area contributed by atoms with Crippen LogP contribution in [0, 0.1) is 17.5 Å². The van der Waals surface area contributed by atoms with E-state index in [2.05, 4.69) is 5.32 Å². The molecule has 0 radical (unpaired) electrons. The van der Waals surface area contributed by atoms with E-state index in [1.807, 2.05) is 0 Å². The number of aliphatic hydroxyl groups is 1. The first kappa shape index (κ1) is 22.2. The van der Waals surface area contributed by atoms with Crippen LogP contribution >= 0.6 is 0 Å². The minimum absolute atomic E-state index is 0.0354. The van der Waals surface area contributed by atoms with Gasteiger partial charge < -0.3 is 10.4 Å². The number of carbonyl (C=O) groups is 1. The van der Waals surface area contributed by atoms with Gasteiger partial charge in [-0.1, -0.05) is 0 Å². The van der Waals surface area contributed by atoms with Crippen LogP contribution in [0.25, 0.3) is 0 Å². The van der Waals surface area contributed by atoms with Crippen molar-refractivity contribution in [1.82, 2.24) is 4.31 Å². The van der Waals surface area contributed by atoms with Crippen LogP contribution in [0.4, 0.5) is 23.2 Å². The molecule has 1 amide bonds. The zero-order chi connectivity index (χ0) is 22.1. The summed E-state index contributed by atoms with van der Waals surface area (Å²) in [4.78, 5) is 11.5. The highest BCUT2D eigenvalue weighted by Gasteiger charge is 2.34. The molecule has 2 N–H and O–H groups in total. The number of anilines is 1. The average Bonchev–Trinajstić information content (AvgIpc) is 2.86. The van der Waals surface area contributed by atoms with Crippen LogP contribution < -0.4 is 5.32 Å². The van der Waals surface area contributed by atoms with Gasteiger partial charge in [-0.2, -0.15) is 4.31 Å². The number of sulfonamides is 1. The topological polar surface area (TPSA) is 86.7 Å². The van der Waals surface area contributed by atoms with Gasteiger partial charge in [0.1, 0.15) is 16.9 Å². The third-order valence-electron chi connectivity index (χ3n) is 4.62. The molecular formula is C19H18F4N2O4S. The first-order chi connectivity index (χ1) is 14.1. The molecule has 1 saturated heterocycles. The zero-order valence-corrected chi connectivity index (χ0v) is 16.3. The van der Waals surface area contributed by atoms with Crippen LogP contribution in [0.2, 0.25) is 0 Å². The highest BCUT2D eigenvalue weighted by molar-refractivity contribution is 7.89. The second kappa shape index (κ2) is 8.70. The number of amides is 1. The maximum atomic E-state index is 14.3. The van der Waals surface area contributed by atoms with Gasteiger partial charge in [-0.05, 0) is 43.2 Å². The highest BCUT2D eigenvalue weighted by Crippen LogP contribution is 2.25. The van der Waals surface area contributed by atoms with Gasteiger partial charge in [0.2, 0.25) is 10.0 Å². The smallest absolute Gasteiger partial charge is 0.255 e. The third kappa shape index (κ3) is 4.79. The van der Waals surface area contributed by atoms with Crippen molar-refractivity contribution in [1.29, 1.82) is 0 Å². The lowest BCUT2D eigenvalue weighted by Crippen LogP contribution is -2.38. The van der Waals surface area contributed by atoms with Gasteiger partial charge in [0, 0.05) is 30.4 Å². The van der Waals surface area contributed by atoms with Gasteiger partial charge in [0.15, 0.2) is 11.6 Å². The number of carbonyl (C=O) groups excluding carboxylic acids is 1. The summed E-state index contributed by atoms with van der Waals surface area (Å²) in [5.41, 5.74) is -0.365. The fourth-order valence-corrected chi connectivity index (χ4v) is 4.64. The summed E-state index contributed by atoms with van der Waals surface area (Å²) in [5, 5.41) is 12.1. The Morgan fingerprint density at radius 1 is 1.00 bits per heavy atom. The van der Waals surface area contributed by atoms with E-state index < -0.39 is 63.6 Å². The van der Waals surface area contributed by atoms with Crippen molar-refractivity contribution in [3.8, 4) is 0 Å². The number of rotatable bonds is 4. The van der Waals surface area contributed by atoms with Gasteiger partial charge in [-0.15, -0.1) is 0 Å². The van der Waals surface area contributed by atoms with E-state index in [4.69, 9.17) is 0 Å². The Labute approximate surface area is 170 Å². The standard InChI is InChI=1S/C19H18F4N2O4S/c20-12-2-4-14(26)10-25(9-12)30(28,29)18-7-11(1-5-16(18)22)19(27)24-13-3-6-15(21)17(23)8-13/h1,3,5-8,12,14,26H,2,4,9-10H2,(H,24,27). The van der Waals surface area contributed by atoms with Crippen molar-refractivity contribution < 1.29 is 35.9 Å². The van der Waals surface area contributed by atoms with E-state index >= 15 is 0 Å². The van der Waals surface area contributed by atoms with Crippen molar-refractivity contribution in [2.45, 2.75) is 30.0 Å². The Hall–Kier alpha value is -2.50. The Kier molecular flexibility index (Phi) is 6.44. The molecule has 1 fully saturated rings. The summed E-state index contributed by atoms with van der Waals surface area (Å²) in [6, 6.07) is 5.16. The number of β-amino-alcohol motifs (C(OH)–C–C–N with tert-alkyl or cyclic N) is 1. The fraction of sp³-hybridized carbons (Fsp3) is 0.316. The average molecular weight is 446 g/mol. The molecule has 6 nitrogen and oxygen atoms in total. The van der Waals surface area contributed by atoms with E-state index in [1.165, 1.54) is 0 Å². The first-order valence-electron chi connectivity index (χ1n) is 8.96. The van der Waals surface area contributed by atoms with E-state index in [0.717, 1.165) is 36.4 Å². The number of aliphatic hydroxyl groups excluding tert-OH is 1. The molecule has 0 saturated carbocycles. The molecule has 0 bridgehead atoms. The predicted octanol–water partition coefficient (Wildman–Crippen LogP) is 2.84. The van der Waals surface area contributed by atoms with E-state index in [-0.39, 0.29) is 24.1 Å². The van der Waals surface area contributed by atoms with Gasteiger partial charge in [0.25, 0.3) is 5.91 Å². The van der Waals surface area contributed by atoms with Crippen LogP contribution in [-0.2, 0) is 10.0 Å². The minimum atomic E-state index is -4.55. The number of alkyl halides is 1. The first-order valence-corrected chi connectivity index (χ1v) is 10.4. The molecule has 162 valence electrons. The quantitative estimate of drug-likeness (QED) is 0.708. The second-order valence-corrected chi connectivity index (χ2v) is 8.79. The molecular weight excluding hydrogens is 428 g/mol. The Balaban J connectivity index is 1.90. The van der Waals surface area contributed by atoms with Crippen LogP contribution in [0.1, 0.15) is 23.2 Å². The summed E-state index contributed by atoms with van der Waals surface area (Å²) in [6.45, 7) is -0.961. The maximum Gasteiger partial charge on any atom is 0.255 e. The van der Waals surface area contributed by atoms with Crippen molar-refractivity contribution in [2.75, 3.05) is 18.4 Å². The molecule has 0 aliphatic carbocycles. The molecule has 3 rings (SSSR count). The monoisotopic (exact) mass is 446 g/mol. The Bertz CT molecular complexity index is 1050. The predicted molar refractivity (Wildman–Crippen MR) is 99.6 cm³/mol. The summed E-state index contributed by atoms with van der Waals surface area (Å²) in [7, 11) is -4.55. The molecule has 2 aromatic rings. The molecule has 2 unspecified atom stereocenters. The molecule has 0 aromatic heterocycles. The SMILES string of the molecule is O=C(Nc1ccc(F)c(F)c1)c1ccc(F)c(S(=O)(=O)N2CC(O)CCC(F)C2)c1. The van der Waals surface area contributed by atoms with E-state index in [1.54, 1.807) is 0 Å². The number of nitrogens with one attached hydrogen (secondary N) is 1. The lowest BCUT2D eigenvalue weighted by atomic mass is 10.2. The maximum absolute atomic E-state index is 14.3. The summed E-state index contributed by atoms with van der Waals surface area (Å²) in [5.74, 6) is -4.37. The molecule has 11 heteroatoms. The van der Waals surface area contributed by atoms with Crippen LogP contribution in [0.5, 0.6) is 0 Å². The Morgan fingerprint density at radius 2 is 1.70 bits per heavy atom. The summed E-state index contributed by atoms with van der Waals surface area (Å²) < 4.78 is 80.9. The summed E-state index contributed by atoms with van der Waals surface area (Å²) in [6.07, 6.45) is -2.61. The van der Waals surface area contributed by atoms with Crippen LogP contribution in [0.15, 0.2) is 41.3 Å². The zero-order valence-electron chi connectivity index (χ0n) is 15.5. The number of halogens is 4. The molecule has 2 atom stereocenters. The molecule has 1 heterocycles. The van der Waals surface area contributed by atoms with E-state index in [0.29, 0.717) is 4.31 Å². The summed E-state index contributed by atoms with van der Waals surface area (Å²) >= 11 is 0. The van der Waals surface area contributed by atoms with Gasteiger partial charge in [-0.3, -0.25) is 4.79 Å². The number of nitrogens with zero attached hydrogens (tertiary/aromatic N) is 1. The normalized spacial score (nSPS) is 20.6. The van der Waals surface area contributed by atoms with Gasteiger partial charge in [-0.25, -0.2) is 26.0 Å². The lowest BCUT2D eigenvalue weighted by molar-refractivity contribution is 0.102. The molecule has 2 aromatic carbocycles. The van der Waals surface area contributed by atoms with Crippen molar-refractivity contribution in [2.24, 2.45) is 0 Å². The molecule has 1 aliphatic rings. The Morgan fingerprint density at radius 3 is 2.40 bits per heavy atom. The van der Waals surface area contributed by atoms with Crippen molar-refractivity contribution in [3.05, 3.63) is 59.4 Å². The third-order valence-corrected chi connectivity index (χ3v) is 6.46. The number of benzene rings is 2. The number of hydrogen-bond donors (Lipinski definition) is 2. The molecule has 30 heavy (non-hydrogen) atoms. The molecule has 1 aliphatic heterocycles. The van der Waals surface area contributed by atoms with Gasteiger partial charge in [0.05, 0.1) is 6.10 Å². The molecule has 0 spiro atoms. The van der Waals surface area contributed by atoms with Crippen LogP contribution in [0.3, 0.4) is 0 Å². The number of hydrogen-bond acceptors (Lipinski definition) is 4. The van der Waals surface area contributed by atoms with Crippen LogP contribution in [-0.4, -0.2) is 49.1 Å². The van der Waals surface area contributed by atoms with Gasteiger partial charge >= 0.3 is 0 Å². The highest BCUT2D eigenvalue weighted by atomic mass is 32.2. The lowest BCUT2D eigenvalue weighted by Gasteiger charge is -2.23. The largest absolute Gasteiger partial charge is 0.392 e. The second-order valence-electron chi connectivity index (χ2n) is 6.88.